The molecule has 3 aliphatic carbocycles. The minimum atomic E-state index is -0.696. The van der Waals surface area contributed by atoms with Crippen LogP contribution in [0.3, 0.4) is 0 Å². The summed E-state index contributed by atoms with van der Waals surface area (Å²) in [5.74, 6) is -3.53. The third-order valence-electron chi connectivity index (χ3n) is 9.29. The molecule has 46 heavy (non-hydrogen) atoms. The number of anilines is 2. The minimum absolute atomic E-state index is 0.0332. The van der Waals surface area contributed by atoms with Crippen molar-refractivity contribution < 1.29 is 24.3 Å². The van der Waals surface area contributed by atoms with Crippen molar-refractivity contribution in [1.29, 1.82) is 0 Å². The van der Waals surface area contributed by atoms with Gasteiger partial charge in [-0.05, 0) is 101 Å². The van der Waals surface area contributed by atoms with Gasteiger partial charge in [-0.15, -0.1) is 0 Å². The maximum atomic E-state index is 14.1. The molecule has 0 spiro atoms. The number of carbonyl (C=O) groups is 4. The molecule has 0 unspecified atom stereocenters. The number of nitrogens with zero attached hydrogens (tertiary/aromatic N) is 4. The lowest BCUT2D eigenvalue weighted by atomic mass is 9.59. The molecular weight excluding hydrogens is 648 g/mol. The summed E-state index contributed by atoms with van der Waals surface area (Å²) in [5.41, 5.74) is 4.96. The van der Waals surface area contributed by atoms with Gasteiger partial charge in [-0.2, -0.15) is 10.2 Å². The monoisotopic (exact) mass is 676 g/mol. The first-order chi connectivity index (χ1) is 22.1. The summed E-state index contributed by atoms with van der Waals surface area (Å²) < 4.78 is 0.170. The average molecular weight is 678 g/mol. The number of imide groups is 1. The van der Waals surface area contributed by atoms with Gasteiger partial charge in [-0.25, -0.2) is 0 Å². The van der Waals surface area contributed by atoms with Crippen molar-refractivity contribution in [1.82, 2.24) is 0 Å². The van der Waals surface area contributed by atoms with Gasteiger partial charge in [0.15, 0.2) is 11.6 Å². The van der Waals surface area contributed by atoms with Gasteiger partial charge in [0.1, 0.15) is 5.75 Å². The van der Waals surface area contributed by atoms with Crippen LogP contribution in [0.25, 0.3) is 0 Å². The Hall–Kier alpha value is -4.96. The SMILES string of the molecule is CN(C)c1ccc(N=Nc2ccc(N3C(=O)[C@H]4[C@H](CC=C5[C@H](c6cccc(O)c6)C6=C(C[C@H]54)C(=O)C(Br)=CC6=O)C3=O)cc2)cc1. The van der Waals surface area contributed by atoms with Crippen LogP contribution < -0.4 is 9.80 Å². The predicted molar refractivity (Wildman–Crippen MR) is 177 cm³/mol. The number of hydrogen-bond donors (Lipinski definition) is 1. The van der Waals surface area contributed by atoms with Gasteiger partial charge in [-0.1, -0.05) is 23.8 Å². The first-order valence-electron chi connectivity index (χ1n) is 15.0. The van der Waals surface area contributed by atoms with E-state index in [0.29, 0.717) is 40.2 Å². The van der Waals surface area contributed by atoms with Crippen molar-refractivity contribution in [2.45, 2.75) is 18.8 Å². The van der Waals surface area contributed by atoms with E-state index in [1.165, 1.54) is 11.0 Å². The summed E-state index contributed by atoms with van der Waals surface area (Å²) in [5, 5.41) is 18.9. The Morgan fingerprint density at radius 3 is 2.20 bits per heavy atom. The van der Waals surface area contributed by atoms with Gasteiger partial charge in [0, 0.05) is 42.9 Å². The van der Waals surface area contributed by atoms with E-state index in [1.807, 2.05) is 49.3 Å². The number of allylic oxidation sites excluding steroid dienone is 6. The zero-order valence-electron chi connectivity index (χ0n) is 25.1. The van der Waals surface area contributed by atoms with Gasteiger partial charge in [0.25, 0.3) is 0 Å². The second-order valence-electron chi connectivity index (χ2n) is 12.1. The lowest BCUT2D eigenvalue weighted by Gasteiger charge is -2.42. The predicted octanol–water partition coefficient (Wildman–Crippen LogP) is 6.84. The number of Topliss-reactive ketones (excluding diaryl/α,β-unsaturated/α-hetero) is 1. The third-order valence-corrected chi connectivity index (χ3v) is 9.88. The summed E-state index contributed by atoms with van der Waals surface area (Å²) in [6, 6.07) is 21.1. The first-order valence-corrected chi connectivity index (χ1v) is 15.8. The fraction of sp³-hybridized carbons (Fsp3) is 0.222. The minimum Gasteiger partial charge on any atom is -0.508 e. The van der Waals surface area contributed by atoms with E-state index in [-0.39, 0.29) is 40.0 Å². The van der Waals surface area contributed by atoms with Crippen LogP contribution in [0.4, 0.5) is 22.7 Å². The lowest BCUT2D eigenvalue weighted by molar-refractivity contribution is -0.123. The van der Waals surface area contributed by atoms with Crippen molar-refractivity contribution in [2.24, 2.45) is 28.0 Å². The Balaban J connectivity index is 1.19. The Morgan fingerprint density at radius 1 is 0.870 bits per heavy atom. The summed E-state index contributed by atoms with van der Waals surface area (Å²) in [4.78, 5) is 57.9. The van der Waals surface area contributed by atoms with Crippen LogP contribution in [0, 0.1) is 17.8 Å². The van der Waals surface area contributed by atoms with Crippen LogP contribution in [0.2, 0.25) is 0 Å². The molecule has 0 saturated carbocycles. The molecule has 0 aromatic heterocycles. The summed E-state index contributed by atoms with van der Waals surface area (Å²) >= 11 is 3.24. The van der Waals surface area contributed by atoms with Crippen LogP contribution in [0.5, 0.6) is 5.75 Å². The number of fused-ring (bicyclic) bond motifs is 3. The summed E-state index contributed by atoms with van der Waals surface area (Å²) in [6.45, 7) is 0. The number of amides is 2. The van der Waals surface area contributed by atoms with E-state index in [9.17, 15) is 24.3 Å². The Morgan fingerprint density at radius 2 is 1.54 bits per heavy atom. The van der Waals surface area contributed by atoms with Gasteiger partial charge in [-0.3, -0.25) is 24.1 Å². The van der Waals surface area contributed by atoms with E-state index in [0.717, 1.165) is 11.3 Å². The molecule has 1 fully saturated rings. The maximum absolute atomic E-state index is 14.1. The first kappa shape index (κ1) is 29.7. The van der Waals surface area contributed by atoms with E-state index >= 15 is 0 Å². The third kappa shape index (κ3) is 4.93. The molecule has 230 valence electrons. The smallest absolute Gasteiger partial charge is 0.238 e. The Bertz CT molecular complexity index is 1940. The number of azo groups is 1. The molecule has 7 rings (SSSR count). The highest BCUT2D eigenvalue weighted by Crippen LogP contribution is 2.55. The maximum Gasteiger partial charge on any atom is 0.238 e. The van der Waals surface area contributed by atoms with Crippen molar-refractivity contribution in [3.63, 3.8) is 0 Å². The van der Waals surface area contributed by atoms with Gasteiger partial charge in [0.2, 0.25) is 11.8 Å². The number of phenols is 1. The van der Waals surface area contributed by atoms with Crippen molar-refractivity contribution in [3.05, 3.63) is 112 Å². The highest BCUT2D eigenvalue weighted by atomic mass is 79.9. The Kier molecular flexibility index (Phi) is 7.39. The molecular formula is C36H29BrN4O5. The number of halogens is 1. The Labute approximate surface area is 273 Å². The number of aromatic hydroxyl groups is 1. The summed E-state index contributed by atoms with van der Waals surface area (Å²) in [6.07, 6.45) is 3.75. The fourth-order valence-electron chi connectivity index (χ4n) is 7.15. The molecule has 0 radical (unpaired) electrons. The molecule has 2 amide bonds. The molecule has 4 aliphatic rings. The normalized spacial score (nSPS) is 24.1. The fourth-order valence-corrected chi connectivity index (χ4v) is 7.59. The number of benzene rings is 3. The lowest BCUT2D eigenvalue weighted by Crippen LogP contribution is -2.39. The molecule has 1 heterocycles. The number of rotatable bonds is 5. The van der Waals surface area contributed by atoms with Crippen LogP contribution in [0.15, 0.2) is 116 Å². The molecule has 10 heteroatoms. The molecule has 3 aromatic rings. The van der Waals surface area contributed by atoms with Crippen LogP contribution in [-0.4, -0.2) is 42.6 Å². The van der Waals surface area contributed by atoms with Gasteiger partial charge >= 0.3 is 0 Å². The molecule has 3 aromatic carbocycles. The highest BCUT2D eigenvalue weighted by molar-refractivity contribution is 9.12. The van der Waals surface area contributed by atoms with Crippen molar-refractivity contribution >= 4 is 62.1 Å². The molecule has 9 nitrogen and oxygen atoms in total. The second-order valence-corrected chi connectivity index (χ2v) is 13.0. The summed E-state index contributed by atoms with van der Waals surface area (Å²) in [7, 11) is 3.93. The number of ketones is 2. The number of phenolic OH excluding ortho intramolecular Hbond substituents is 1. The highest BCUT2D eigenvalue weighted by Gasteiger charge is 2.56. The topological polar surface area (TPSA) is 120 Å². The average Bonchev–Trinajstić information content (AvgIpc) is 3.31. The molecule has 1 N–H and O–H groups in total. The number of carbonyl (C=O) groups excluding carboxylic acids is 4. The molecule has 1 aliphatic heterocycles. The van der Waals surface area contributed by atoms with Crippen molar-refractivity contribution in [2.75, 3.05) is 23.9 Å². The van der Waals surface area contributed by atoms with Crippen LogP contribution >= 0.6 is 15.9 Å². The second kappa shape index (κ2) is 11.4. The zero-order chi connectivity index (χ0) is 32.3. The van der Waals surface area contributed by atoms with Crippen LogP contribution in [-0.2, 0) is 19.2 Å². The zero-order valence-corrected chi connectivity index (χ0v) is 26.6. The molecule has 0 bridgehead atoms. The van der Waals surface area contributed by atoms with E-state index in [1.54, 1.807) is 48.5 Å². The van der Waals surface area contributed by atoms with Gasteiger partial charge < -0.3 is 10.0 Å². The van der Waals surface area contributed by atoms with E-state index in [2.05, 4.69) is 26.2 Å². The number of hydrogen-bond acceptors (Lipinski definition) is 8. The van der Waals surface area contributed by atoms with Crippen molar-refractivity contribution in [3.8, 4) is 5.75 Å². The standard InChI is InChI=1S/C36H29BrN4O5/c1-40(2)22-10-6-20(7-11-22)38-39-21-8-12-23(13-9-21)41-35(45)26-15-14-25-27(32(26)36(41)46)17-28-33(30(43)18-29(37)34(28)44)31(25)19-4-3-5-24(42)16-19/h3-14,16,18,26-27,31-32,42H,15,17H2,1-2H3/t26-,27+,31-,32-/m0/s1. The van der Waals surface area contributed by atoms with E-state index in [4.69, 9.17) is 0 Å². The van der Waals surface area contributed by atoms with E-state index < -0.39 is 23.7 Å². The van der Waals surface area contributed by atoms with Crippen LogP contribution in [0.1, 0.15) is 24.3 Å². The van der Waals surface area contributed by atoms with Gasteiger partial charge in [0.05, 0.1) is 33.4 Å². The quantitative estimate of drug-likeness (QED) is 0.137. The molecule has 4 atom stereocenters. The molecule has 1 saturated heterocycles. The largest absolute Gasteiger partial charge is 0.508 e.